The molecule has 2 aromatic carbocycles. The number of ether oxygens (including phenoxy) is 2. The first-order valence-corrected chi connectivity index (χ1v) is 12.9. The summed E-state index contributed by atoms with van der Waals surface area (Å²) in [6.45, 7) is 2.78. The van der Waals surface area contributed by atoms with E-state index in [9.17, 15) is 14.4 Å². The Morgan fingerprint density at radius 3 is 2.72 bits per heavy atom. The lowest BCUT2D eigenvalue weighted by molar-refractivity contribution is -0.113. The predicted molar refractivity (Wildman–Crippen MR) is 138 cm³/mol. The third-order valence-electron chi connectivity index (χ3n) is 6.99. The molecule has 186 valence electrons. The number of nitrogens with one attached hydrogen (secondary N) is 1. The van der Waals surface area contributed by atoms with E-state index >= 15 is 0 Å². The van der Waals surface area contributed by atoms with Crippen molar-refractivity contribution in [3.8, 4) is 5.75 Å². The van der Waals surface area contributed by atoms with Crippen molar-refractivity contribution in [1.29, 1.82) is 0 Å². The molecule has 0 spiro atoms. The van der Waals surface area contributed by atoms with Crippen LogP contribution in [0.15, 0.2) is 58.2 Å². The van der Waals surface area contributed by atoms with Crippen LogP contribution >= 0.6 is 11.8 Å². The maximum Gasteiger partial charge on any atom is 0.414 e. The van der Waals surface area contributed by atoms with Gasteiger partial charge in [-0.3, -0.25) is 19.4 Å². The molecule has 2 saturated heterocycles. The number of cyclic esters (lactones) is 1. The van der Waals surface area contributed by atoms with E-state index < -0.39 is 0 Å². The van der Waals surface area contributed by atoms with Gasteiger partial charge in [0, 0.05) is 42.3 Å². The number of thioether (sulfide) groups is 1. The molecule has 6 rings (SSSR count). The standard InChI is InChI=1S/C26H26N4O5S/c1-34-19-5-2-16-3-7-25(32)30(22(16)11-19)18-12-28(13-18)9-8-20-14-29(26(33)35-20)17-4-6-23-21(10-17)27-24(31)15-36-23/h2-7,10-11,18,20H,8-9,12-15H2,1H3,(H,27,31). The van der Waals surface area contributed by atoms with Gasteiger partial charge in [-0.05, 0) is 48.2 Å². The van der Waals surface area contributed by atoms with Crippen molar-refractivity contribution >= 4 is 46.0 Å². The lowest BCUT2D eigenvalue weighted by Gasteiger charge is -2.41. The molecule has 0 bridgehead atoms. The van der Waals surface area contributed by atoms with Crippen molar-refractivity contribution < 1.29 is 19.1 Å². The second-order valence-electron chi connectivity index (χ2n) is 9.30. The minimum absolute atomic E-state index is 0.0135. The van der Waals surface area contributed by atoms with E-state index in [1.807, 2.05) is 47.0 Å². The fourth-order valence-electron chi connectivity index (χ4n) is 5.07. The third-order valence-corrected chi connectivity index (χ3v) is 8.07. The quantitative estimate of drug-likeness (QED) is 0.548. The number of nitrogens with zero attached hydrogens (tertiary/aromatic N) is 3. The number of likely N-dealkylation sites (tertiary alicyclic amines) is 1. The van der Waals surface area contributed by atoms with Crippen LogP contribution in [0.4, 0.5) is 16.2 Å². The number of anilines is 2. The van der Waals surface area contributed by atoms with E-state index in [-0.39, 0.29) is 29.7 Å². The Labute approximate surface area is 212 Å². The zero-order valence-electron chi connectivity index (χ0n) is 19.8. The SMILES string of the molecule is COc1ccc2ccc(=O)n(C3CN(CCC4CN(c5ccc6c(c5)NC(=O)CS6)C(=O)O4)C3)c2c1. The average Bonchev–Trinajstić information content (AvgIpc) is 3.23. The molecular formula is C26H26N4O5S. The second-order valence-corrected chi connectivity index (χ2v) is 10.3. The Balaban J connectivity index is 1.07. The lowest BCUT2D eigenvalue weighted by Crippen LogP contribution is -2.50. The van der Waals surface area contributed by atoms with Crippen LogP contribution in [-0.4, -0.2) is 66.6 Å². The predicted octanol–water partition coefficient (Wildman–Crippen LogP) is 3.33. The number of benzene rings is 2. The minimum atomic E-state index is -0.368. The van der Waals surface area contributed by atoms with Crippen molar-refractivity contribution in [2.24, 2.45) is 0 Å². The van der Waals surface area contributed by atoms with Crippen LogP contribution in [0.25, 0.3) is 10.9 Å². The van der Waals surface area contributed by atoms with E-state index in [2.05, 4.69) is 10.2 Å². The highest BCUT2D eigenvalue weighted by Gasteiger charge is 2.35. The summed E-state index contributed by atoms with van der Waals surface area (Å²) < 4.78 is 12.8. The highest BCUT2D eigenvalue weighted by Crippen LogP contribution is 2.36. The average molecular weight is 507 g/mol. The second kappa shape index (κ2) is 9.18. The van der Waals surface area contributed by atoms with Crippen LogP contribution < -0.4 is 20.5 Å². The fourth-order valence-corrected chi connectivity index (χ4v) is 5.86. The lowest BCUT2D eigenvalue weighted by atomic mass is 10.1. The molecule has 0 aliphatic carbocycles. The van der Waals surface area contributed by atoms with Gasteiger partial charge < -0.3 is 19.4 Å². The van der Waals surface area contributed by atoms with Crippen LogP contribution in [0.5, 0.6) is 5.75 Å². The zero-order chi connectivity index (χ0) is 24.8. The normalized spacial score (nSPS) is 20.1. The number of rotatable bonds is 6. The first-order valence-electron chi connectivity index (χ1n) is 11.9. The molecule has 3 aromatic rings. The molecule has 9 nitrogen and oxygen atoms in total. The Hall–Kier alpha value is -3.50. The highest BCUT2D eigenvalue weighted by molar-refractivity contribution is 8.00. The van der Waals surface area contributed by atoms with Gasteiger partial charge in [-0.1, -0.05) is 0 Å². The maximum atomic E-state index is 12.7. The van der Waals surface area contributed by atoms with Gasteiger partial charge >= 0.3 is 6.09 Å². The molecule has 0 radical (unpaired) electrons. The Kier molecular flexibility index (Phi) is 5.85. The van der Waals surface area contributed by atoms with Crippen molar-refractivity contribution in [1.82, 2.24) is 9.47 Å². The maximum absolute atomic E-state index is 12.7. The van der Waals surface area contributed by atoms with E-state index in [1.165, 1.54) is 11.8 Å². The molecule has 3 aliphatic rings. The van der Waals surface area contributed by atoms with Crippen molar-refractivity contribution in [2.75, 3.05) is 49.3 Å². The van der Waals surface area contributed by atoms with E-state index in [4.69, 9.17) is 9.47 Å². The van der Waals surface area contributed by atoms with E-state index in [1.54, 1.807) is 18.1 Å². The molecule has 3 aliphatic heterocycles. The molecule has 1 N–H and O–H groups in total. The topological polar surface area (TPSA) is 93.1 Å². The Morgan fingerprint density at radius 1 is 1.06 bits per heavy atom. The van der Waals surface area contributed by atoms with Crippen molar-refractivity contribution in [2.45, 2.75) is 23.5 Å². The molecule has 1 atom stereocenters. The van der Waals surface area contributed by atoms with Crippen LogP contribution in [0.3, 0.4) is 0 Å². The molecule has 36 heavy (non-hydrogen) atoms. The van der Waals surface area contributed by atoms with Gasteiger partial charge in [0.15, 0.2) is 0 Å². The number of carbonyl (C=O) groups excluding carboxylic acids is 2. The van der Waals surface area contributed by atoms with Crippen molar-refractivity contribution in [3.05, 3.63) is 58.9 Å². The van der Waals surface area contributed by atoms with Crippen LogP contribution in [0.2, 0.25) is 0 Å². The fraction of sp³-hybridized carbons (Fsp3) is 0.346. The van der Waals surface area contributed by atoms with E-state index in [0.717, 1.165) is 52.6 Å². The molecule has 1 unspecified atom stereocenters. The summed E-state index contributed by atoms with van der Waals surface area (Å²) in [6, 6.07) is 15.0. The summed E-state index contributed by atoms with van der Waals surface area (Å²) in [5.41, 5.74) is 2.32. The first-order chi connectivity index (χ1) is 17.5. The molecule has 2 fully saturated rings. The summed E-state index contributed by atoms with van der Waals surface area (Å²) in [5.74, 6) is 1.09. The van der Waals surface area contributed by atoms with Gasteiger partial charge in [-0.25, -0.2) is 4.79 Å². The Morgan fingerprint density at radius 2 is 1.89 bits per heavy atom. The van der Waals surface area contributed by atoms with Crippen LogP contribution in [0, 0.1) is 0 Å². The third kappa shape index (κ3) is 4.20. The summed E-state index contributed by atoms with van der Waals surface area (Å²) >= 11 is 1.49. The largest absolute Gasteiger partial charge is 0.497 e. The van der Waals surface area contributed by atoms with Gasteiger partial charge in [-0.2, -0.15) is 0 Å². The summed E-state index contributed by atoms with van der Waals surface area (Å²) in [7, 11) is 1.62. The molecule has 10 heteroatoms. The van der Waals surface area contributed by atoms with Crippen LogP contribution in [-0.2, 0) is 9.53 Å². The van der Waals surface area contributed by atoms with E-state index in [0.29, 0.717) is 18.7 Å². The first kappa shape index (κ1) is 22.9. The van der Waals surface area contributed by atoms with Crippen molar-refractivity contribution in [3.63, 3.8) is 0 Å². The number of hydrogen-bond acceptors (Lipinski definition) is 7. The van der Waals surface area contributed by atoms with Gasteiger partial charge in [0.25, 0.3) is 5.56 Å². The van der Waals surface area contributed by atoms with Gasteiger partial charge in [0.2, 0.25) is 5.91 Å². The summed E-state index contributed by atoms with van der Waals surface area (Å²) in [5, 5.41) is 3.87. The minimum Gasteiger partial charge on any atom is -0.497 e. The number of methoxy groups -OCH3 is 1. The van der Waals surface area contributed by atoms with Gasteiger partial charge in [0.05, 0.1) is 36.7 Å². The monoisotopic (exact) mass is 506 g/mol. The molecular weight excluding hydrogens is 480 g/mol. The number of hydrogen-bond donors (Lipinski definition) is 1. The molecule has 4 heterocycles. The molecule has 1 aromatic heterocycles. The number of aromatic nitrogens is 1. The Bertz CT molecular complexity index is 1420. The number of amides is 2. The number of fused-ring (bicyclic) bond motifs is 2. The van der Waals surface area contributed by atoms with Crippen LogP contribution in [0.1, 0.15) is 12.5 Å². The highest BCUT2D eigenvalue weighted by atomic mass is 32.2. The number of carbonyl (C=O) groups is 2. The molecule has 0 saturated carbocycles. The number of pyridine rings is 1. The summed E-state index contributed by atoms with van der Waals surface area (Å²) in [4.78, 5) is 41.8. The summed E-state index contributed by atoms with van der Waals surface area (Å²) in [6.07, 6.45) is 0.138. The van der Waals surface area contributed by atoms with Gasteiger partial charge in [-0.15, -0.1) is 11.8 Å². The zero-order valence-corrected chi connectivity index (χ0v) is 20.6. The molecule has 2 amide bonds. The van der Waals surface area contributed by atoms with Gasteiger partial charge in [0.1, 0.15) is 11.9 Å². The smallest absolute Gasteiger partial charge is 0.414 e.